The number of hydrogen-bond donors (Lipinski definition) is 1. The van der Waals surface area contributed by atoms with Gasteiger partial charge in [-0.05, 0) is 37.1 Å². The molecule has 0 unspecified atom stereocenters. The molecule has 5 heteroatoms. The summed E-state index contributed by atoms with van der Waals surface area (Å²) in [5, 5.41) is 7.02. The summed E-state index contributed by atoms with van der Waals surface area (Å²) in [7, 11) is 3.53. The Morgan fingerprint density at radius 2 is 1.95 bits per heavy atom. The molecule has 1 amide bonds. The summed E-state index contributed by atoms with van der Waals surface area (Å²) >= 11 is 0. The van der Waals surface area contributed by atoms with Crippen LogP contribution < -0.4 is 4.74 Å². The van der Waals surface area contributed by atoms with Crippen LogP contribution in [-0.2, 0) is 0 Å². The number of nitrogens with one attached hydrogen (secondary N) is 1. The summed E-state index contributed by atoms with van der Waals surface area (Å²) in [6.45, 7) is 0. The van der Waals surface area contributed by atoms with Crippen LogP contribution in [0, 0.1) is 0 Å². The minimum absolute atomic E-state index is 0.0338. The number of ether oxygens (including phenoxy) is 1. The van der Waals surface area contributed by atoms with Crippen LogP contribution in [0.25, 0.3) is 11.3 Å². The van der Waals surface area contributed by atoms with E-state index < -0.39 is 0 Å². The molecule has 1 saturated carbocycles. The molecule has 1 N–H and O–H groups in total. The van der Waals surface area contributed by atoms with Crippen molar-refractivity contribution < 1.29 is 9.53 Å². The van der Waals surface area contributed by atoms with Crippen LogP contribution in [-0.4, -0.2) is 41.2 Å². The molecule has 0 bridgehead atoms. The lowest BCUT2D eigenvalue weighted by atomic mass is 10.1. The number of carbonyl (C=O) groups is 1. The highest BCUT2D eigenvalue weighted by molar-refractivity contribution is 5.99. The molecule has 22 heavy (non-hydrogen) atoms. The first-order chi connectivity index (χ1) is 10.7. The fourth-order valence-electron chi connectivity index (χ4n) is 3.07. The number of carbonyl (C=O) groups excluding carboxylic acids is 1. The Labute approximate surface area is 130 Å². The molecule has 1 heterocycles. The molecular formula is C17H21N3O2. The Morgan fingerprint density at radius 1 is 1.27 bits per heavy atom. The van der Waals surface area contributed by atoms with Crippen LogP contribution in [0.3, 0.4) is 0 Å². The van der Waals surface area contributed by atoms with Crippen molar-refractivity contribution in [3.05, 3.63) is 36.0 Å². The van der Waals surface area contributed by atoms with E-state index in [2.05, 4.69) is 10.2 Å². The summed E-state index contributed by atoms with van der Waals surface area (Å²) < 4.78 is 5.17. The Balaban J connectivity index is 1.85. The summed E-state index contributed by atoms with van der Waals surface area (Å²) in [6.07, 6.45) is 6.22. The van der Waals surface area contributed by atoms with Crippen LogP contribution in [0.15, 0.2) is 30.5 Å². The highest BCUT2D eigenvalue weighted by Gasteiger charge is 2.26. The molecule has 1 fully saturated rings. The van der Waals surface area contributed by atoms with Gasteiger partial charge in [0.2, 0.25) is 0 Å². The molecule has 1 aliphatic rings. The standard InChI is InChI=1S/C17H21N3O2/c1-20(13-5-3-4-6-13)17(21)15-11-18-19-16(15)12-7-9-14(22-2)10-8-12/h7-11,13H,3-6H2,1-2H3,(H,18,19). The molecule has 116 valence electrons. The van der Waals surface area contributed by atoms with E-state index >= 15 is 0 Å². The van der Waals surface area contributed by atoms with Crippen molar-refractivity contribution >= 4 is 5.91 Å². The lowest BCUT2D eigenvalue weighted by Crippen LogP contribution is -2.35. The third-order valence-corrected chi connectivity index (χ3v) is 4.44. The Morgan fingerprint density at radius 3 is 2.59 bits per heavy atom. The maximum atomic E-state index is 12.8. The number of methoxy groups -OCH3 is 1. The molecule has 1 aromatic heterocycles. The van der Waals surface area contributed by atoms with Crippen molar-refractivity contribution in [3.63, 3.8) is 0 Å². The van der Waals surface area contributed by atoms with Crippen molar-refractivity contribution in [2.75, 3.05) is 14.2 Å². The molecule has 0 aliphatic heterocycles. The predicted molar refractivity (Wildman–Crippen MR) is 84.9 cm³/mol. The molecule has 2 aromatic rings. The van der Waals surface area contributed by atoms with Gasteiger partial charge in [-0.15, -0.1) is 0 Å². The number of aromatic amines is 1. The van der Waals surface area contributed by atoms with E-state index in [1.807, 2.05) is 36.2 Å². The highest BCUT2D eigenvalue weighted by Crippen LogP contribution is 2.27. The van der Waals surface area contributed by atoms with E-state index in [0.717, 1.165) is 29.8 Å². The van der Waals surface area contributed by atoms with Crippen molar-refractivity contribution in [3.8, 4) is 17.0 Å². The van der Waals surface area contributed by atoms with Gasteiger partial charge in [0.05, 0.1) is 24.6 Å². The third kappa shape index (κ3) is 2.71. The van der Waals surface area contributed by atoms with Gasteiger partial charge in [-0.3, -0.25) is 9.89 Å². The van der Waals surface area contributed by atoms with Crippen LogP contribution in [0.4, 0.5) is 0 Å². The van der Waals surface area contributed by atoms with E-state index in [1.165, 1.54) is 12.8 Å². The van der Waals surface area contributed by atoms with Crippen molar-refractivity contribution in [1.29, 1.82) is 0 Å². The zero-order valence-corrected chi connectivity index (χ0v) is 13.0. The molecular weight excluding hydrogens is 278 g/mol. The number of nitrogens with zero attached hydrogens (tertiary/aromatic N) is 2. The zero-order valence-electron chi connectivity index (χ0n) is 13.0. The molecule has 5 nitrogen and oxygen atoms in total. The molecule has 1 aliphatic carbocycles. The van der Waals surface area contributed by atoms with Gasteiger partial charge < -0.3 is 9.64 Å². The molecule has 0 saturated heterocycles. The molecule has 1 aromatic carbocycles. The highest BCUT2D eigenvalue weighted by atomic mass is 16.5. The molecule has 3 rings (SSSR count). The van der Waals surface area contributed by atoms with Gasteiger partial charge >= 0.3 is 0 Å². The predicted octanol–water partition coefficient (Wildman–Crippen LogP) is 3.10. The number of rotatable bonds is 4. The second kappa shape index (κ2) is 6.22. The average Bonchev–Trinajstić information content (AvgIpc) is 3.24. The van der Waals surface area contributed by atoms with E-state index in [-0.39, 0.29) is 5.91 Å². The maximum Gasteiger partial charge on any atom is 0.257 e. The van der Waals surface area contributed by atoms with Crippen LogP contribution in [0.1, 0.15) is 36.0 Å². The third-order valence-electron chi connectivity index (χ3n) is 4.44. The van der Waals surface area contributed by atoms with Gasteiger partial charge in [0, 0.05) is 18.7 Å². The first-order valence-electron chi connectivity index (χ1n) is 7.65. The Bertz CT molecular complexity index is 642. The van der Waals surface area contributed by atoms with Crippen LogP contribution in [0.5, 0.6) is 5.75 Å². The van der Waals surface area contributed by atoms with Crippen molar-refractivity contribution in [1.82, 2.24) is 15.1 Å². The maximum absolute atomic E-state index is 12.8. The summed E-state index contributed by atoms with van der Waals surface area (Å²) in [4.78, 5) is 14.6. The van der Waals surface area contributed by atoms with E-state index in [9.17, 15) is 4.79 Å². The zero-order chi connectivity index (χ0) is 15.5. The first kappa shape index (κ1) is 14.6. The van der Waals surface area contributed by atoms with E-state index in [1.54, 1.807) is 13.3 Å². The lowest BCUT2D eigenvalue weighted by molar-refractivity contribution is 0.0736. The van der Waals surface area contributed by atoms with Gasteiger partial charge in [0.15, 0.2) is 0 Å². The van der Waals surface area contributed by atoms with Crippen molar-refractivity contribution in [2.24, 2.45) is 0 Å². The van der Waals surface area contributed by atoms with E-state index in [0.29, 0.717) is 11.6 Å². The summed E-state index contributed by atoms with van der Waals surface area (Å²) in [5.74, 6) is 0.825. The Kier molecular flexibility index (Phi) is 4.13. The van der Waals surface area contributed by atoms with Gasteiger partial charge in [-0.1, -0.05) is 12.8 Å². The summed E-state index contributed by atoms with van der Waals surface area (Å²) in [5.41, 5.74) is 2.32. The van der Waals surface area contributed by atoms with Crippen LogP contribution >= 0.6 is 0 Å². The number of aromatic nitrogens is 2. The second-order valence-electron chi connectivity index (χ2n) is 5.74. The molecule has 0 radical (unpaired) electrons. The average molecular weight is 299 g/mol. The SMILES string of the molecule is COc1ccc(-c2[nH]ncc2C(=O)N(C)C2CCCC2)cc1. The molecule has 0 spiro atoms. The van der Waals surface area contributed by atoms with Gasteiger partial charge in [-0.2, -0.15) is 5.10 Å². The minimum Gasteiger partial charge on any atom is -0.497 e. The fourth-order valence-corrected chi connectivity index (χ4v) is 3.07. The minimum atomic E-state index is 0.0338. The molecule has 0 atom stereocenters. The largest absolute Gasteiger partial charge is 0.497 e. The number of benzene rings is 1. The Hall–Kier alpha value is -2.30. The normalized spacial score (nSPS) is 15.0. The lowest BCUT2D eigenvalue weighted by Gasteiger charge is -2.24. The van der Waals surface area contributed by atoms with Gasteiger partial charge in [-0.25, -0.2) is 0 Å². The van der Waals surface area contributed by atoms with Crippen LogP contribution in [0.2, 0.25) is 0 Å². The number of hydrogen-bond acceptors (Lipinski definition) is 3. The fraction of sp³-hybridized carbons (Fsp3) is 0.412. The second-order valence-corrected chi connectivity index (χ2v) is 5.74. The smallest absolute Gasteiger partial charge is 0.257 e. The monoisotopic (exact) mass is 299 g/mol. The first-order valence-corrected chi connectivity index (χ1v) is 7.65. The number of H-pyrrole nitrogens is 1. The number of amides is 1. The van der Waals surface area contributed by atoms with Crippen molar-refractivity contribution in [2.45, 2.75) is 31.7 Å². The van der Waals surface area contributed by atoms with Gasteiger partial charge in [0.1, 0.15) is 5.75 Å². The van der Waals surface area contributed by atoms with Gasteiger partial charge in [0.25, 0.3) is 5.91 Å². The quantitative estimate of drug-likeness (QED) is 0.943. The van der Waals surface area contributed by atoms with E-state index in [4.69, 9.17) is 4.74 Å². The summed E-state index contributed by atoms with van der Waals surface area (Å²) in [6, 6.07) is 7.97. The topological polar surface area (TPSA) is 58.2 Å².